The van der Waals surface area contributed by atoms with Crippen molar-refractivity contribution in [3.63, 3.8) is 0 Å². The zero-order chi connectivity index (χ0) is 60.2. The van der Waals surface area contributed by atoms with Crippen molar-refractivity contribution in [2.75, 3.05) is 26.2 Å². The van der Waals surface area contributed by atoms with Gasteiger partial charge in [0.1, 0.15) is 48.3 Å². The lowest BCUT2D eigenvalue weighted by Gasteiger charge is -2.31. The molecule has 3 aromatic carbocycles. The summed E-state index contributed by atoms with van der Waals surface area (Å²) in [5.41, 5.74) is 31.4. The van der Waals surface area contributed by atoms with E-state index in [2.05, 4.69) is 41.9 Å². The van der Waals surface area contributed by atoms with E-state index in [-0.39, 0.29) is 63.5 Å². The number of guanidine groups is 1. The molecule has 24 heteroatoms. The Balaban J connectivity index is 1.31. The Morgan fingerprint density at radius 3 is 1.60 bits per heavy atom. The number of aromatic amines is 1. The molecule has 83 heavy (non-hydrogen) atoms. The number of nitrogens with two attached hydrogens (primary N) is 5. The number of likely N-dealkylation sites (tertiary alicyclic amines) is 2. The van der Waals surface area contributed by atoms with Crippen LogP contribution in [-0.2, 0) is 62.4 Å². The maximum atomic E-state index is 15.1. The Morgan fingerprint density at radius 2 is 1.06 bits per heavy atom. The van der Waals surface area contributed by atoms with Crippen LogP contribution in [0.4, 0.5) is 0 Å². The molecule has 2 saturated heterocycles. The van der Waals surface area contributed by atoms with Gasteiger partial charge in [-0.2, -0.15) is 0 Å². The molecule has 0 radical (unpaired) electrons. The number of unbranched alkanes of at least 4 members (excludes halogenated alkanes) is 1. The van der Waals surface area contributed by atoms with E-state index >= 15 is 4.79 Å². The molecule has 0 spiro atoms. The van der Waals surface area contributed by atoms with E-state index in [0.717, 1.165) is 10.9 Å². The summed E-state index contributed by atoms with van der Waals surface area (Å²) in [6.45, 7) is 5.92. The molecular weight excluding hydrogens is 1060 g/mol. The molecule has 3 heterocycles. The van der Waals surface area contributed by atoms with Crippen LogP contribution >= 0.6 is 0 Å². The van der Waals surface area contributed by atoms with Crippen LogP contribution in [0.15, 0.2) is 96.1 Å². The zero-order valence-corrected chi connectivity index (χ0v) is 47.7. The summed E-state index contributed by atoms with van der Waals surface area (Å²) in [4.78, 5) is 137. The topological polar surface area (TPSA) is 391 Å². The van der Waals surface area contributed by atoms with E-state index < -0.39 is 108 Å². The minimum Gasteiger partial charge on any atom is -0.370 e. The summed E-state index contributed by atoms with van der Waals surface area (Å²) < 4.78 is 0. The van der Waals surface area contributed by atoms with Crippen molar-refractivity contribution in [2.45, 2.75) is 152 Å². The third-order valence-corrected chi connectivity index (χ3v) is 15.0. The fourth-order valence-corrected chi connectivity index (χ4v) is 10.6. The SMILES string of the molecule is CC(C)[C@H](NC(=O)[C@@H]1CCCN1C(=O)[C@H](CCCCN)NC(=O)[C@H](Cc1ccccc1)NC(=O)[C@@H](Cc1c[nH]c2ccccc12)NC(=O)[C@@H](CCCN=C(N)N)NC(=O)[C@H](Cc1ccccc1)NC(=O)[C@@H]1CCCN1C(=O)[C@H](C)N)C(N)=O. The molecule has 6 rings (SSSR count). The second-order valence-corrected chi connectivity index (χ2v) is 21.8. The summed E-state index contributed by atoms with van der Waals surface area (Å²) in [6.07, 6.45) is 4.49. The lowest BCUT2D eigenvalue weighted by atomic mass is 10.00. The van der Waals surface area contributed by atoms with Gasteiger partial charge in [-0.25, -0.2) is 0 Å². The summed E-state index contributed by atoms with van der Waals surface area (Å²) in [6, 6.07) is 15.1. The summed E-state index contributed by atoms with van der Waals surface area (Å²) >= 11 is 0. The number of hydrogen-bond acceptors (Lipinski definition) is 12. The Labute approximate surface area is 484 Å². The van der Waals surface area contributed by atoms with Crippen molar-refractivity contribution in [2.24, 2.45) is 39.6 Å². The predicted octanol–water partition coefficient (Wildman–Crippen LogP) is -0.242. The number of primary amides is 1. The van der Waals surface area contributed by atoms with Crippen LogP contribution in [0.25, 0.3) is 10.9 Å². The first-order valence-corrected chi connectivity index (χ1v) is 28.6. The van der Waals surface area contributed by atoms with E-state index in [1.807, 2.05) is 24.3 Å². The van der Waals surface area contributed by atoms with E-state index in [1.54, 1.807) is 80.7 Å². The number of para-hydroxylation sites is 1. The standard InChI is InChI=1S/C59H83N15O9/c1-35(2)49(50(62)75)72-56(81)48-26-16-30-74(48)58(83)43(23-12-13-27-60)68-53(78)44(31-37-17-6-4-7-18-37)69-54(79)46(33-39-34-66-41-22-11-10-21-40(39)41)70-51(76)42(24-14-28-65-59(63)64)67-52(77)45(32-38-19-8-5-9-20-38)71-55(80)47-25-15-29-73(47)57(82)36(3)61/h4-11,17-22,34-36,42-49,66H,12-16,23-33,60-61H2,1-3H3,(H2,62,75)(H,67,77)(H,68,78)(H,69,79)(H,70,76)(H,71,80)(H,72,81)(H4,63,64,65)/t36-,42+,43-,44-,45-,46+,47-,48-,49-/m0/s1. The van der Waals surface area contributed by atoms with Crippen molar-refractivity contribution in [3.05, 3.63) is 108 Å². The van der Waals surface area contributed by atoms with Crippen LogP contribution in [0.1, 0.15) is 95.2 Å². The number of carbonyl (C=O) groups excluding carboxylic acids is 9. The molecular formula is C59H83N15O9. The average molecular weight is 1150 g/mol. The number of aromatic nitrogens is 1. The number of rotatable bonds is 30. The van der Waals surface area contributed by atoms with E-state index in [0.29, 0.717) is 68.3 Å². The van der Waals surface area contributed by atoms with Crippen LogP contribution in [0, 0.1) is 5.92 Å². The second-order valence-electron chi connectivity index (χ2n) is 21.8. The van der Waals surface area contributed by atoms with Crippen molar-refractivity contribution < 1.29 is 43.2 Å². The molecule has 0 bridgehead atoms. The monoisotopic (exact) mass is 1150 g/mol. The molecule has 9 atom stereocenters. The fraction of sp³-hybridized carbons (Fsp3) is 0.492. The smallest absolute Gasteiger partial charge is 0.245 e. The van der Waals surface area contributed by atoms with Gasteiger partial charge >= 0.3 is 0 Å². The van der Waals surface area contributed by atoms with Gasteiger partial charge in [0.15, 0.2) is 5.96 Å². The normalized spacial score (nSPS) is 17.5. The predicted molar refractivity (Wildman–Crippen MR) is 314 cm³/mol. The molecule has 0 saturated carbocycles. The van der Waals surface area contributed by atoms with Gasteiger partial charge in [0.05, 0.1) is 6.04 Å². The summed E-state index contributed by atoms with van der Waals surface area (Å²) in [5.74, 6) is -6.29. The lowest BCUT2D eigenvalue weighted by molar-refractivity contribution is -0.142. The highest BCUT2D eigenvalue weighted by atomic mass is 16.2. The molecule has 4 aromatic rings. The van der Waals surface area contributed by atoms with Gasteiger partial charge in [0.2, 0.25) is 53.2 Å². The Bertz CT molecular complexity index is 2900. The second kappa shape index (κ2) is 31.2. The van der Waals surface area contributed by atoms with Crippen LogP contribution in [0.2, 0.25) is 0 Å². The third-order valence-electron chi connectivity index (χ3n) is 15.0. The number of hydrogen-bond donors (Lipinski definition) is 12. The molecule has 17 N–H and O–H groups in total. The molecule has 2 fully saturated rings. The number of H-pyrrole nitrogens is 1. The third kappa shape index (κ3) is 18.3. The van der Waals surface area contributed by atoms with Gasteiger partial charge in [0, 0.05) is 56.0 Å². The van der Waals surface area contributed by atoms with Crippen LogP contribution in [-0.4, -0.2) is 154 Å². The number of carbonyl (C=O) groups is 9. The van der Waals surface area contributed by atoms with Gasteiger partial charge in [0.25, 0.3) is 0 Å². The van der Waals surface area contributed by atoms with Gasteiger partial charge < -0.3 is 75.4 Å². The number of nitrogens with zero attached hydrogens (tertiary/aromatic N) is 3. The van der Waals surface area contributed by atoms with E-state index in [9.17, 15) is 38.4 Å². The average Bonchev–Trinajstić information content (AvgIpc) is 4.36. The molecule has 2 aliphatic heterocycles. The highest BCUT2D eigenvalue weighted by Crippen LogP contribution is 2.23. The van der Waals surface area contributed by atoms with Crippen molar-refractivity contribution in [1.29, 1.82) is 0 Å². The Hall–Kier alpha value is -8.38. The van der Waals surface area contributed by atoms with E-state index in [4.69, 9.17) is 28.7 Å². The molecule has 2 aliphatic rings. The number of fused-ring (bicyclic) bond motifs is 1. The van der Waals surface area contributed by atoms with Crippen LogP contribution in [0.3, 0.4) is 0 Å². The molecule has 9 amide bonds. The van der Waals surface area contributed by atoms with Crippen molar-refractivity contribution in [3.8, 4) is 0 Å². The lowest BCUT2D eigenvalue weighted by Crippen LogP contribution is -2.61. The van der Waals surface area contributed by atoms with Gasteiger partial charge in [-0.3, -0.25) is 48.1 Å². The van der Waals surface area contributed by atoms with Gasteiger partial charge in [-0.05, 0) is 99.9 Å². The zero-order valence-electron chi connectivity index (χ0n) is 47.7. The molecule has 1 aromatic heterocycles. The first kappa shape index (κ1) is 63.8. The number of benzene rings is 3. The molecule has 448 valence electrons. The minimum atomic E-state index is -1.40. The molecule has 0 aliphatic carbocycles. The summed E-state index contributed by atoms with van der Waals surface area (Å²) in [7, 11) is 0. The summed E-state index contributed by atoms with van der Waals surface area (Å²) in [5, 5.41) is 17.8. The Morgan fingerprint density at radius 1 is 0.578 bits per heavy atom. The number of aliphatic imine (C=N–C) groups is 1. The number of nitrogens with one attached hydrogen (secondary N) is 7. The van der Waals surface area contributed by atoms with Gasteiger partial charge in [-0.15, -0.1) is 0 Å². The maximum Gasteiger partial charge on any atom is 0.245 e. The van der Waals surface area contributed by atoms with Crippen molar-refractivity contribution in [1.82, 2.24) is 46.7 Å². The molecule has 24 nitrogen and oxygen atoms in total. The van der Waals surface area contributed by atoms with E-state index in [1.165, 1.54) is 16.7 Å². The largest absolute Gasteiger partial charge is 0.370 e. The molecule has 0 unspecified atom stereocenters. The minimum absolute atomic E-state index is 0.00820. The van der Waals surface area contributed by atoms with Gasteiger partial charge in [-0.1, -0.05) is 92.7 Å². The van der Waals surface area contributed by atoms with Crippen LogP contribution in [0.5, 0.6) is 0 Å². The quantitative estimate of drug-likeness (QED) is 0.0182. The van der Waals surface area contributed by atoms with Crippen molar-refractivity contribution >= 4 is 70.0 Å². The fourth-order valence-electron chi connectivity index (χ4n) is 10.6. The highest BCUT2D eigenvalue weighted by Gasteiger charge is 2.41. The van der Waals surface area contributed by atoms with Crippen LogP contribution < -0.4 is 60.6 Å². The first-order valence-electron chi connectivity index (χ1n) is 28.6. The first-order chi connectivity index (χ1) is 39.8. The highest BCUT2D eigenvalue weighted by molar-refractivity contribution is 5.99. The Kier molecular flexibility index (Phi) is 24.0. The number of amides is 9. The maximum absolute atomic E-state index is 15.1.